The van der Waals surface area contributed by atoms with Crippen LogP contribution in [-0.2, 0) is 33.3 Å². The molecule has 0 fully saturated rings. The highest BCUT2D eigenvalue weighted by atomic mass is 16.7. The van der Waals surface area contributed by atoms with Crippen LogP contribution in [0.4, 0.5) is 0 Å². The van der Waals surface area contributed by atoms with Gasteiger partial charge in [-0.2, -0.15) is 0 Å². The quantitative estimate of drug-likeness (QED) is 0.0367. The molecular formula is C32H60NO8+. The Hall–Kier alpha value is -1.97. The minimum absolute atomic E-state index is 0.183. The van der Waals surface area contributed by atoms with E-state index in [1.54, 1.807) is 0 Å². The van der Waals surface area contributed by atoms with Crippen LogP contribution in [0.1, 0.15) is 117 Å². The molecular weight excluding hydrogens is 526 g/mol. The van der Waals surface area contributed by atoms with Crippen molar-refractivity contribution in [2.45, 2.75) is 129 Å². The van der Waals surface area contributed by atoms with Crippen molar-refractivity contribution in [1.82, 2.24) is 0 Å². The number of carboxylic acids is 1. The smallest absolute Gasteiger partial charge is 0.361 e. The Morgan fingerprint density at radius 1 is 0.707 bits per heavy atom. The summed E-state index contributed by atoms with van der Waals surface area (Å²) >= 11 is 0. The van der Waals surface area contributed by atoms with Crippen LogP contribution in [-0.4, -0.2) is 87.4 Å². The van der Waals surface area contributed by atoms with Crippen molar-refractivity contribution in [3.05, 3.63) is 12.2 Å². The zero-order valence-electron chi connectivity index (χ0n) is 26.7. The zero-order valence-corrected chi connectivity index (χ0v) is 26.7. The number of carbonyl (C=O) groups excluding carboxylic acids is 2. The number of hydrogen-bond acceptors (Lipinski definition) is 7. The Morgan fingerprint density at radius 3 is 1.90 bits per heavy atom. The molecule has 9 heteroatoms. The molecule has 0 aliphatic rings. The molecule has 2 unspecified atom stereocenters. The molecule has 41 heavy (non-hydrogen) atoms. The Kier molecular flexibility index (Phi) is 24.5. The van der Waals surface area contributed by atoms with Gasteiger partial charge in [-0.15, -0.1) is 0 Å². The maximum atomic E-state index is 12.5. The van der Waals surface area contributed by atoms with Crippen LogP contribution in [0.3, 0.4) is 0 Å². The van der Waals surface area contributed by atoms with Crippen molar-refractivity contribution in [3.8, 4) is 0 Å². The maximum absolute atomic E-state index is 12.5. The molecule has 1 N–H and O–H groups in total. The van der Waals surface area contributed by atoms with E-state index in [2.05, 4.69) is 26.0 Å². The minimum Gasteiger partial charge on any atom is -0.477 e. The molecule has 0 amide bonds. The summed E-state index contributed by atoms with van der Waals surface area (Å²) in [5.74, 6) is -2.04. The van der Waals surface area contributed by atoms with E-state index in [9.17, 15) is 19.5 Å². The van der Waals surface area contributed by atoms with Gasteiger partial charge in [-0.3, -0.25) is 9.59 Å². The first-order chi connectivity index (χ1) is 19.6. The first-order valence-corrected chi connectivity index (χ1v) is 15.9. The van der Waals surface area contributed by atoms with Crippen molar-refractivity contribution in [1.29, 1.82) is 0 Å². The zero-order chi connectivity index (χ0) is 30.8. The van der Waals surface area contributed by atoms with Crippen LogP contribution < -0.4 is 0 Å². The number of hydrogen-bond donors (Lipinski definition) is 1. The summed E-state index contributed by atoms with van der Waals surface area (Å²) in [6, 6.07) is 0. The third kappa shape index (κ3) is 26.7. The molecule has 0 spiro atoms. The molecule has 9 nitrogen and oxygen atoms in total. The second-order valence-electron chi connectivity index (χ2n) is 11.8. The van der Waals surface area contributed by atoms with Gasteiger partial charge in [0.1, 0.15) is 13.2 Å². The average Bonchev–Trinajstić information content (AvgIpc) is 2.91. The maximum Gasteiger partial charge on any atom is 0.361 e. The molecule has 0 bridgehead atoms. The van der Waals surface area contributed by atoms with Crippen LogP contribution >= 0.6 is 0 Å². The number of nitrogens with zero attached hydrogens (tertiary/aromatic N) is 1. The Morgan fingerprint density at radius 2 is 1.29 bits per heavy atom. The van der Waals surface area contributed by atoms with E-state index in [0.29, 0.717) is 23.9 Å². The third-order valence-corrected chi connectivity index (χ3v) is 6.50. The number of quaternary nitrogens is 1. The van der Waals surface area contributed by atoms with Gasteiger partial charge in [0.25, 0.3) is 6.29 Å². The van der Waals surface area contributed by atoms with Crippen molar-refractivity contribution in [2.75, 3.05) is 47.5 Å². The topological polar surface area (TPSA) is 108 Å². The SMILES string of the molecule is CCC/C=C\CCCCCCCC(=O)OC(COC(=O)CCCCCCCC)COC(OCC[N+](C)(C)C)C(=O)O. The first-order valence-electron chi connectivity index (χ1n) is 15.9. The van der Waals surface area contributed by atoms with E-state index in [1.165, 1.54) is 25.7 Å². The molecule has 0 radical (unpaired) electrons. The van der Waals surface area contributed by atoms with Gasteiger partial charge < -0.3 is 28.5 Å². The molecule has 240 valence electrons. The Labute approximate surface area is 249 Å². The molecule has 0 aromatic carbocycles. The van der Waals surface area contributed by atoms with E-state index >= 15 is 0 Å². The second kappa shape index (κ2) is 25.7. The summed E-state index contributed by atoms with van der Waals surface area (Å²) < 4.78 is 22.4. The number of rotatable bonds is 28. The van der Waals surface area contributed by atoms with Crippen molar-refractivity contribution < 1.29 is 42.9 Å². The predicted molar refractivity (Wildman–Crippen MR) is 161 cm³/mol. The summed E-state index contributed by atoms with van der Waals surface area (Å²) in [5, 5.41) is 9.50. The van der Waals surface area contributed by atoms with Gasteiger partial charge in [-0.25, -0.2) is 4.79 Å². The fourth-order valence-electron chi connectivity index (χ4n) is 3.95. The van der Waals surface area contributed by atoms with Crippen LogP contribution in [0.2, 0.25) is 0 Å². The van der Waals surface area contributed by atoms with Crippen molar-refractivity contribution >= 4 is 17.9 Å². The van der Waals surface area contributed by atoms with Gasteiger partial charge in [0.2, 0.25) is 0 Å². The first kappa shape index (κ1) is 39.0. The lowest BCUT2D eigenvalue weighted by Gasteiger charge is -2.25. The van der Waals surface area contributed by atoms with Gasteiger partial charge in [-0.05, 0) is 32.1 Å². The Balaban J connectivity index is 4.65. The molecule has 0 aromatic heterocycles. The fourth-order valence-corrected chi connectivity index (χ4v) is 3.95. The van der Waals surface area contributed by atoms with E-state index < -0.39 is 24.3 Å². The highest BCUT2D eigenvalue weighted by molar-refractivity contribution is 5.71. The van der Waals surface area contributed by atoms with Crippen LogP contribution in [0.25, 0.3) is 0 Å². The highest BCUT2D eigenvalue weighted by Gasteiger charge is 2.25. The van der Waals surface area contributed by atoms with Crippen LogP contribution in [0.15, 0.2) is 12.2 Å². The number of carbonyl (C=O) groups is 3. The van der Waals surface area contributed by atoms with Crippen LogP contribution in [0, 0.1) is 0 Å². The highest BCUT2D eigenvalue weighted by Crippen LogP contribution is 2.11. The fraction of sp³-hybridized carbons (Fsp3) is 0.844. The Bertz CT molecular complexity index is 704. The molecule has 0 saturated carbocycles. The summed E-state index contributed by atoms with van der Waals surface area (Å²) in [4.78, 5) is 36.4. The van der Waals surface area contributed by atoms with Crippen molar-refractivity contribution in [3.63, 3.8) is 0 Å². The van der Waals surface area contributed by atoms with E-state index in [0.717, 1.165) is 57.8 Å². The molecule has 0 saturated heterocycles. The number of unbranched alkanes of at least 4 members (excludes halogenated alkanes) is 11. The molecule has 0 aliphatic heterocycles. The van der Waals surface area contributed by atoms with Gasteiger partial charge >= 0.3 is 17.9 Å². The summed E-state index contributed by atoms with van der Waals surface area (Å²) in [6.07, 6.45) is 17.3. The van der Waals surface area contributed by atoms with Crippen LogP contribution in [0.5, 0.6) is 0 Å². The summed E-state index contributed by atoms with van der Waals surface area (Å²) in [5.41, 5.74) is 0. The molecule has 0 aromatic rings. The standard InChI is InChI=1S/C32H59NO8/c1-6-8-10-12-14-15-16-17-19-21-23-30(35)41-28(26-39-29(34)22-20-18-13-11-9-7-2)27-40-32(31(36)37)38-25-24-33(3,4)5/h10,12,28,32H,6-9,11,13-27H2,1-5H3/p+1/b12-10-. The minimum atomic E-state index is -1.50. The molecule has 0 heterocycles. The van der Waals surface area contributed by atoms with Gasteiger partial charge in [-0.1, -0.05) is 83.8 Å². The average molecular weight is 587 g/mol. The number of aliphatic carboxylic acids is 1. The number of likely N-dealkylation sites (N-methyl/N-ethyl adjacent to an activating group) is 1. The van der Waals surface area contributed by atoms with Crippen molar-refractivity contribution in [2.24, 2.45) is 0 Å². The van der Waals surface area contributed by atoms with Gasteiger partial charge in [0, 0.05) is 12.8 Å². The molecule has 0 aliphatic carbocycles. The monoisotopic (exact) mass is 586 g/mol. The number of allylic oxidation sites excluding steroid dienone is 2. The van der Waals surface area contributed by atoms with Gasteiger partial charge in [0.05, 0.1) is 34.4 Å². The number of esters is 2. The van der Waals surface area contributed by atoms with E-state index in [1.807, 2.05) is 21.1 Å². The van der Waals surface area contributed by atoms with Gasteiger partial charge in [0.15, 0.2) is 6.10 Å². The van der Waals surface area contributed by atoms with E-state index in [-0.39, 0.29) is 32.2 Å². The molecule has 0 rings (SSSR count). The molecule has 2 atom stereocenters. The normalized spacial score (nSPS) is 13.3. The third-order valence-electron chi connectivity index (χ3n) is 6.50. The lowest BCUT2D eigenvalue weighted by atomic mass is 10.1. The number of ether oxygens (including phenoxy) is 4. The van der Waals surface area contributed by atoms with E-state index in [4.69, 9.17) is 18.9 Å². The lowest BCUT2D eigenvalue weighted by molar-refractivity contribution is -0.870. The summed E-state index contributed by atoms with van der Waals surface area (Å²) in [7, 11) is 5.92. The second-order valence-corrected chi connectivity index (χ2v) is 11.8. The predicted octanol–water partition coefficient (Wildman–Crippen LogP) is 6.43. The lowest BCUT2D eigenvalue weighted by Crippen LogP contribution is -2.40. The largest absolute Gasteiger partial charge is 0.477 e. The summed E-state index contributed by atoms with van der Waals surface area (Å²) in [6.45, 7) is 4.68. The number of carboxylic acid groups (broad SMARTS) is 1.